The molecule has 6 heteroatoms. The SMILES string of the molecule is CCCCCCCCCCCCCCCCCCCCCCCCCCCC(O)C(CO)NC(=O)CCCCCCCCC/C=C\C/C=C\CCCCCCCCCCCOC(=O)CCCCCCCCCCCCCCCC. The number of allylic oxidation sites excluding steroid dienone is 4. The topological polar surface area (TPSA) is 95.9 Å². The van der Waals surface area contributed by atoms with E-state index in [0.717, 1.165) is 44.9 Å². The van der Waals surface area contributed by atoms with Gasteiger partial charge in [0.15, 0.2) is 0 Å². The fourth-order valence-electron chi connectivity index (χ4n) is 11.5. The molecule has 0 bridgehead atoms. The van der Waals surface area contributed by atoms with Gasteiger partial charge in [0.05, 0.1) is 25.4 Å². The molecule has 3 N–H and O–H groups in total. The van der Waals surface area contributed by atoms with Crippen molar-refractivity contribution in [2.45, 2.75) is 418 Å². The highest BCUT2D eigenvalue weighted by Crippen LogP contribution is 2.19. The number of unbranched alkanes of at least 4 members (excludes halogenated alkanes) is 53. The van der Waals surface area contributed by atoms with Gasteiger partial charge in [-0.15, -0.1) is 0 Å². The van der Waals surface area contributed by atoms with Crippen molar-refractivity contribution in [2.75, 3.05) is 13.2 Å². The van der Waals surface area contributed by atoms with Gasteiger partial charge in [0.1, 0.15) is 0 Å². The molecular formula is C73H141NO5. The number of rotatable bonds is 68. The second kappa shape index (κ2) is 68.8. The molecule has 0 spiro atoms. The van der Waals surface area contributed by atoms with Crippen molar-refractivity contribution in [1.29, 1.82) is 0 Å². The third kappa shape index (κ3) is 65.4. The van der Waals surface area contributed by atoms with Crippen LogP contribution in [0.3, 0.4) is 0 Å². The number of hydrogen-bond acceptors (Lipinski definition) is 5. The van der Waals surface area contributed by atoms with Gasteiger partial charge >= 0.3 is 5.97 Å². The van der Waals surface area contributed by atoms with E-state index < -0.39 is 12.1 Å². The first-order valence-electron chi connectivity index (χ1n) is 36.1. The first kappa shape index (κ1) is 77.3. The highest BCUT2D eigenvalue weighted by atomic mass is 16.5. The van der Waals surface area contributed by atoms with Gasteiger partial charge in [0.2, 0.25) is 5.91 Å². The Hall–Kier alpha value is -1.66. The summed E-state index contributed by atoms with van der Waals surface area (Å²) in [5, 5.41) is 23.4. The summed E-state index contributed by atoms with van der Waals surface area (Å²) in [5.41, 5.74) is 0. The Labute approximate surface area is 494 Å². The van der Waals surface area contributed by atoms with Crippen molar-refractivity contribution >= 4 is 11.9 Å². The normalized spacial score (nSPS) is 12.6. The van der Waals surface area contributed by atoms with Crippen LogP contribution in [0.1, 0.15) is 406 Å². The minimum absolute atomic E-state index is 0.0103. The van der Waals surface area contributed by atoms with Crippen molar-refractivity contribution in [2.24, 2.45) is 0 Å². The summed E-state index contributed by atoms with van der Waals surface area (Å²) in [5.74, 6) is -0.0302. The van der Waals surface area contributed by atoms with E-state index in [2.05, 4.69) is 43.5 Å². The number of hydrogen-bond donors (Lipinski definition) is 3. The molecule has 0 aromatic carbocycles. The van der Waals surface area contributed by atoms with E-state index in [4.69, 9.17) is 4.74 Å². The van der Waals surface area contributed by atoms with Gasteiger partial charge < -0.3 is 20.3 Å². The van der Waals surface area contributed by atoms with E-state index in [-0.39, 0.29) is 18.5 Å². The summed E-state index contributed by atoms with van der Waals surface area (Å²) in [7, 11) is 0. The monoisotopic (exact) mass is 1110 g/mol. The van der Waals surface area contributed by atoms with Crippen LogP contribution in [0.4, 0.5) is 0 Å². The van der Waals surface area contributed by atoms with Crippen LogP contribution >= 0.6 is 0 Å². The fourth-order valence-corrected chi connectivity index (χ4v) is 11.5. The van der Waals surface area contributed by atoms with E-state index in [1.165, 1.54) is 327 Å². The maximum Gasteiger partial charge on any atom is 0.305 e. The Kier molecular flexibility index (Phi) is 67.4. The molecule has 2 unspecified atom stereocenters. The number of amides is 1. The first-order valence-corrected chi connectivity index (χ1v) is 36.1. The van der Waals surface area contributed by atoms with Crippen molar-refractivity contribution in [1.82, 2.24) is 5.32 Å². The molecule has 6 nitrogen and oxygen atoms in total. The largest absolute Gasteiger partial charge is 0.466 e. The van der Waals surface area contributed by atoms with Crippen LogP contribution in [0.5, 0.6) is 0 Å². The molecule has 0 aliphatic carbocycles. The Morgan fingerprint density at radius 3 is 0.962 bits per heavy atom. The van der Waals surface area contributed by atoms with Crippen molar-refractivity contribution in [3.63, 3.8) is 0 Å². The summed E-state index contributed by atoms with van der Waals surface area (Å²) in [6, 6.07) is -0.551. The second-order valence-electron chi connectivity index (χ2n) is 24.9. The minimum Gasteiger partial charge on any atom is -0.466 e. The third-order valence-electron chi connectivity index (χ3n) is 17.0. The molecule has 0 aliphatic heterocycles. The van der Waals surface area contributed by atoms with Gasteiger partial charge in [-0.2, -0.15) is 0 Å². The number of esters is 1. The lowest BCUT2D eigenvalue weighted by atomic mass is 10.0. The second-order valence-corrected chi connectivity index (χ2v) is 24.9. The van der Waals surface area contributed by atoms with Gasteiger partial charge in [-0.1, -0.05) is 359 Å². The molecular weight excluding hydrogens is 971 g/mol. The van der Waals surface area contributed by atoms with E-state index in [0.29, 0.717) is 25.9 Å². The van der Waals surface area contributed by atoms with Crippen LogP contribution in [0.15, 0.2) is 24.3 Å². The zero-order valence-electron chi connectivity index (χ0n) is 53.6. The van der Waals surface area contributed by atoms with Crippen LogP contribution in [0.2, 0.25) is 0 Å². The summed E-state index contributed by atoms with van der Waals surface area (Å²) in [6.07, 6.45) is 86.5. The predicted molar refractivity (Wildman–Crippen MR) is 347 cm³/mol. The number of aliphatic hydroxyl groups is 2. The van der Waals surface area contributed by atoms with Gasteiger partial charge in [0, 0.05) is 12.8 Å². The Balaban J connectivity index is 3.43. The highest BCUT2D eigenvalue weighted by molar-refractivity contribution is 5.76. The summed E-state index contributed by atoms with van der Waals surface area (Å²) < 4.78 is 5.49. The summed E-state index contributed by atoms with van der Waals surface area (Å²) in [6.45, 7) is 4.99. The molecule has 468 valence electrons. The maximum atomic E-state index is 12.6. The van der Waals surface area contributed by atoms with E-state index in [1.807, 2.05) is 0 Å². The van der Waals surface area contributed by atoms with Crippen LogP contribution in [0, 0.1) is 0 Å². The smallest absolute Gasteiger partial charge is 0.305 e. The van der Waals surface area contributed by atoms with E-state index >= 15 is 0 Å². The molecule has 79 heavy (non-hydrogen) atoms. The minimum atomic E-state index is -0.673. The predicted octanol–water partition coefficient (Wildman–Crippen LogP) is 23.3. The Morgan fingerprint density at radius 2 is 0.633 bits per heavy atom. The van der Waals surface area contributed by atoms with Gasteiger partial charge in [0.25, 0.3) is 0 Å². The first-order chi connectivity index (χ1) is 39.0. The van der Waals surface area contributed by atoms with Crippen molar-refractivity contribution in [3.05, 3.63) is 24.3 Å². The number of carbonyl (C=O) groups is 2. The van der Waals surface area contributed by atoms with Gasteiger partial charge in [-0.3, -0.25) is 9.59 Å². The summed E-state index contributed by atoms with van der Waals surface area (Å²) in [4.78, 5) is 24.6. The number of ether oxygens (including phenoxy) is 1. The van der Waals surface area contributed by atoms with E-state index in [1.54, 1.807) is 0 Å². The molecule has 0 aliphatic rings. The van der Waals surface area contributed by atoms with Gasteiger partial charge in [-0.05, 0) is 57.8 Å². The number of nitrogens with one attached hydrogen (secondary N) is 1. The van der Waals surface area contributed by atoms with Crippen LogP contribution in [-0.4, -0.2) is 47.4 Å². The lowest BCUT2D eigenvalue weighted by molar-refractivity contribution is -0.143. The van der Waals surface area contributed by atoms with Crippen molar-refractivity contribution in [3.8, 4) is 0 Å². The average Bonchev–Trinajstić information content (AvgIpc) is 3.45. The zero-order chi connectivity index (χ0) is 57.1. The Bertz CT molecular complexity index is 1230. The molecule has 2 atom stereocenters. The molecule has 0 saturated carbocycles. The summed E-state index contributed by atoms with van der Waals surface area (Å²) >= 11 is 0. The fraction of sp³-hybridized carbons (Fsp3) is 0.918. The average molecular weight is 1110 g/mol. The molecule has 0 rings (SSSR count). The van der Waals surface area contributed by atoms with Crippen LogP contribution < -0.4 is 5.32 Å². The lowest BCUT2D eigenvalue weighted by Crippen LogP contribution is -2.45. The molecule has 0 aromatic heterocycles. The van der Waals surface area contributed by atoms with Crippen LogP contribution in [0.25, 0.3) is 0 Å². The third-order valence-corrected chi connectivity index (χ3v) is 17.0. The molecule has 0 aromatic rings. The Morgan fingerprint density at radius 1 is 0.354 bits per heavy atom. The lowest BCUT2D eigenvalue weighted by Gasteiger charge is -2.22. The molecule has 0 radical (unpaired) electrons. The van der Waals surface area contributed by atoms with Gasteiger partial charge in [-0.25, -0.2) is 0 Å². The number of aliphatic hydroxyl groups excluding tert-OH is 2. The molecule has 0 saturated heterocycles. The molecule has 0 heterocycles. The highest BCUT2D eigenvalue weighted by Gasteiger charge is 2.20. The molecule has 1 amide bonds. The maximum absolute atomic E-state index is 12.6. The van der Waals surface area contributed by atoms with Crippen molar-refractivity contribution < 1.29 is 24.5 Å². The van der Waals surface area contributed by atoms with E-state index in [9.17, 15) is 19.8 Å². The zero-order valence-corrected chi connectivity index (χ0v) is 53.6. The molecule has 0 fully saturated rings. The van der Waals surface area contributed by atoms with Crippen LogP contribution in [-0.2, 0) is 14.3 Å². The number of carbonyl (C=O) groups excluding carboxylic acids is 2. The quantitative estimate of drug-likeness (QED) is 0.0320. The standard InChI is InChI=1S/C73H141NO5/c1-3-5-7-9-11-13-15-17-19-20-21-22-23-24-26-29-32-35-38-41-45-49-53-57-61-65-71(76)70(69-75)74-72(77)66-62-58-54-50-46-42-39-36-33-30-27-25-28-31-34-37-40-44-48-52-56-60-64-68-79-73(78)67-63-59-55-51-47-43-18-16-14-12-10-8-6-4-2/h25,28,30,33,70-71,75-76H,3-24,26-27,29,31-32,34-69H2,1-2H3,(H,74,77)/b28-25-,33-30-.